The topological polar surface area (TPSA) is 41.1 Å². The van der Waals surface area contributed by atoms with Crippen LogP contribution in [0.3, 0.4) is 0 Å². The maximum atomic E-state index is 4.29. The molecule has 15 heavy (non-hydrogen) atoms. The molecule has 2 atom stereocenters. The van der Waals surface area contributed by atoms with Gasteiger partial charge < -0.3 is 10.2 Å². The third-order valence-corrected chi connectivity index (χ3v) is 4.24. The van der Waals surface area contributed by atoms with Gasteiger partial charge in [0.1, 0.15) is 6.33 Å². The Morgan fingerprint density at radius 2 is 2.47 bits per heavy atom. The largest absolute Gasteiger partial charge is 0.346 e. The number of hydrogen-bond acceptors (Lipinski definition) is 5. The standard InChI is InChI=1S/C10H16N4S/c1-2-8-6-14(10-12-7-13-15-10)5-3-9(8)11-4-1/h7-9,11H,1-6H2. The van der Waals surface area contributed by atoms with Crippen molar-refractivity contribution in [3.05, 3.63) is 6.33 Å². The normalized spacial score (nSPS) is 31.3. The second-order valence-corrected chi connectivity index (χ2v) is 5.18. The third kappa shape index (κ3) is 1.86. The lowest BCUT2D eigenvalue weighted by molar-refractivity contribution is 0.244. The molecule has 0 spiro atoms. The molecule has 82 valence electrons. The molecule has 0 amide bonds. The van der Waals surface area contributed by atoms with Crippen molar-refractivity contribution in [2.75, 3.05) is 24.5 Å². The van der Waals surface area contributed by atoms with Crippen molar-refractivity contribution >= 4 is 16.7 Å². The maximum Gasteiger partial charge on any atom is 0.204 e. The van der Waals surface area contributed by atoms with Crippen molar-refractivity contribution in [2.24, 2.45) is 5.92 Å². The molecule has 0 bridgehead atoms. The van der Waals surface area contributed by atoms with Crippen molar-refractivity contribution in [3.63, 3.8) is 0 Å². The van der Waals surface area contributed by atoms with E-state index < -0.39 is 0 Å². The number of fused-ring (bicyclic) bond motifs is 1. The summed E-state index contributed by atoms with van der Waals surface area (Å²) in [5.41, 5.74) is 0. The van der Waals surface area contributed by atoms with Gasteiger partial charge in [-0.2, -0.15) is 4.37 Å². The van der Waals surface area contributed by atoms with Crippen LogP contribution in [0.15, 0.2) is 6.33 Å². The Labute approximate surface area is 93.9 Å². The molecule has 2 aliphatic rings. The monoisotopic (exact) mass is 224 g/mol. The first-order chi connectivity index (χ1) is 7.43. The van der Waals surface area contributed by atoms with Crippen molar-refractivity contribution in [3.8, 4) is 0 Å². The Balaban J connectivity index is 1.70. The predicted octanol–water partition coefficient (Wildman–Crippen LogP) is 1.12. The predicted molar refractivity (Wildman–Crippen MR) is 61.3 cm³/mol. The average molecular weight is 224 g/mol. The summed E-state index contributed by atoms with van der Waals surface area (Å²) in [4.78, 5) is 6.69. The van der Waals surface area contributed by atoms with Crippen LogP contribution in [0.25, 0.3) is 0 Å². The van der Waals surface area contributed by atoms with Gasteiger partial charge in [0.25, 0.3) is 0 Å². The van der Waals surface area contributed by atoms with E-state index in [0.717, 1.165) is 30.2 Å². The molecule has 2 saturated heterocycles. The zero-order valence-corrected chi connectivity index (χ0v) is 9.54. The van der Waals surface area contributed by atoms with Crippen molar-refractivity contribution in [2.45, 2.75) is 25.3 Å². The first-order valence-electron chi connectivity index (χ1n) is 5.68. The van der Waals surface area contributed by atoms with Gasteiger partial charge in [-0.3, -0.25) is 0 Å². The molecular weight excluding hydrogens is 208 g/mol. The van der Waals surface area contributed by atoms with E-state index in [1.54, 1.807) is 6.33 Å². The second-order valence-electron chi connectivity index (χ2n) is 4.42. The number of piperidine rings is 2. The van der Waals surface area contributed by atoms with Crippen molar-refractivity contribution in [1.82, 2.24) is 14.7 Å². The lowest BCUT2D eigenvalue weighted by atomic mass is 9.86. The number of nitrogens with zero attached hydrogens (tertiary/aromatic N) is 3. The van der Waals surface area contributed by atoms with Gasteiger partial charge >= 0.3 is 0 Å². The van der Waals surface area contributed by atoms with Crippen LogP contribution in [0.2, 0.25) is 0 Å². The molecule has 1 aromatic rings. The summed E-state index contributed by atoms with van der Waals surface area (Å²) in [7, 11) is 0. The molecule has 1 aromatic heterocycles. The molecule has 2 aliphatic heterocycles. The Bertz CT molecular complexity index is 313. The molecule has 2 fully saturated rings. The molecule has 4 nitrogen and oxygen atoms in total. The molecule has 3 heterocycles. The van der Waals surface area contributed by atoms with Crippen LogP contribution in [0, 0.1) is 5.92 Å². The SMILES string of the molecule is c1nsc(N2CCC3NCCCC3C2)n1. The van der Waals surface area contributed by atoms with E-state index in [-0.39, 0.29) is 0 Å². The number of hydrogen-bond donors (Lipinski definition) is 1. The second kappa shape index (κ2) is 4.06. The summed E-state index contributed by atoms with van der Waals surface area (Å²) in [6.45, 7) is 3.50. The van der Waals surface area contributed by atoms with Crippen LogP contribution in [0.4, 0.5) is 5.13 Å². The molecule has 0 aliphatic carbocycles. The van der Waals surface area contributed by atoms with Gasteiger partial charge in [0.05, 0.1) is 0 Å². The minimum absolute atomic E-state index is 0.753. The van der Waals surface area contributed by atoms with Gasteiger partial charge in [0.2, 0.25) is 5.13 Å². The van der Waals surface area contributed by atoms with E-state index in [1.807, 2.05) is 0 Å². The number of rotatable bonds is 1. The van der Waals surface area contributed by atoms with E-state index in [1.165, 1.54) is 37.3 Å². The first kappa shape index (κ1) is 9.54. The fourth-order valence-corrected chi connectivity index (χ4v) is 3.29. The smallest absolute Gasteiger partial charge is 0.204 e. The van der Waals surface area contributed by atoms with Crippen molar-refractivity contribution < 1.29 is 0 Å². The zero-order chi connectivity index (χ0) is 10.1. The quantitative estimate of drug-likeness (QED) is 0.776. The van der Waals surface area contributed by atoms with Gasteiger partial charge in [-0.05, 0) is 31.7 Å². The summed E-state index contributed by atoms with van der Waals surface area (Å²) in [6, 6.07) is 0.753. The van der Waals surface area contributed by atoms with Gasteiger partial charge in [0.15, 0.2) is 0 Å². The zero-order valence-electron chi connectivity index (χ0n) is 8.72. The fourth-order valence-electron chi connectivity index (χ4n) is 2.73. The summed E-state index contributed by atoms with van der Waals surface area (Å²) < 4.78 is 4.07. The summed E-state index contributed by atoms with van der Waals surface area (Å²) >= 11 is 1.51. The minimum Gasteiger partial charge on any atom is -0.346 e. The average Bonchev–Trinajstić information content (AvgIpc) is 2.82. The Morgan fingerprint density at radius 1 is 1.47 bits per heavy atom. The van der Waals surface area contributed by atoms with E-state index in [0.29, 0.717) is 0 Å². The van der Waals surface area contributed by atoms with E-state index >= 15 is 0 Å². The van der Waals surface area contributed by atoms with Gasteiger partial charge in [-0.1, -0.05) is 0 Å². The maximum absolute atomic E-state index is 4.29. The lowest BCUT2D eigenvalue weighted by Gasteiger charge is -2.41. The number of nitrogens with one attached hydrogen (secondary N) is 1. The highest BCUT2D eigenvalue weighted by Crippen LogP contribution is 2.28. The third-order valence-electron chi connectivity index (χ3n) is 3.51. The molecule has 0 radical (unpaired) electrons. The first-order valence-corrected chi connectivity index (χ1v) is 6.46. The Kier molecular flexibility index (Phi) is 2.58. The Hall–Kier alpha value is -0.680. The molecule has 5 heteroatoms. The van der Waals surface area contributed by atoms with Crippen LogP contribution < -0.4 is 10.2 Å². The summed E-state index contributed by atoms with van der Waals surface area (Å²) in [6.07, 6.45) is 5.60. The Morgan fingerprint density at radius 3 is 3.33 bits per heavy atom. The minimum atomic E-state index is 0.753. The number of aromatic nitrogens is 2. The highest BCUT2D eigenvalue weighted by atomic mass is 32.1. The highest BCUT2D eigenvalue weighted by Gasteiger charge is 2.31. The van der Waals surface area contributed by atoms with Crippen LogP contribution in [-0.4, -0.2) is 35.0 Å². The van der Waals surface area contributed by atoms with Crippen molar-refractivity contribution in [1.29, 1.82) is 0 Å². The number of anilines is 1. The van der Waals surface area contributed by atoms with Gasteiger partial charge in [-0.25, -0.2) is 4.98 Å². The van der Waals surface area contributed by atoms with Crippen LogP contribution in [0.5, 0.6) is 0 Å². The fraction of sp³-hybridized carbons (Fsp3) is 0.800. The molecule has 0 aromatic carbocycles. The molecule has 1 N–H and O–H groups in total. The molecular formula is C10H16N4S. The molecule has 2 unspecified atom stereocenters. The van der Waals surface area contributed by atoms with E-state index in [9.17, 15) is 0 Å². The highest BCUT2D eigenvalue weighted by molar-refractivity contribution is 7.09. The lowest BCUT2D eigenvalue weighted by Crippen LogP contribution is -2.52. The van der Waals surface area contributed by atoms with Crippen LogP contribution in [0.1, 0.15) is 19.3 Å². The molecule has 3 rings (SSSR count). The van der Waals surface area contributed by atoms with Crippen LogP contribution in [-0.2, 0) is 0 Å². The summed E-state index contributed by atoms with van der Waals surface area (Å²) in [5, 5.41) is 4.72. The van der Waals surface area contributed by atoms with Gasteiger partial charge in [0, 0.05) is 30.7 Å². The van der Waals surface area contributed by atoms with Crippen LogP contribution >= 0.6 is 11.5 Å². The van der Waals surface area contributed by atoms with Gasteiger partial charge in [-0.15, -0.1) is 0 Å². The van der Waals surface area contributed by atoms with E-state index in [4.69, 9.17) is 0 Å². The van der Waals surface area contributed by atoms with E-state index in [2.05, 4.69) is 19.6 Å². The summed E-state index contributed by atoms with van der Waals surface area (Å²) in [5.74, 6) is 0.816. The molecule has 0 saturated carbocycles.